The van der Waals surface area contributed by atoms with Gasteiger partial charge in [-0.2, -0.15) is 0 Å². The predicted octanol–water partition coefficient (Wildman–Crippen LogP) is 3.34. The van der Waals surface area contributed by atoms with Crippen LogP contribution in [0.3, 0.4) is 0 Å². The smallest absolute Gasteiger partial charge is 0.255 e. The Kier molecular flexibility index (Phi) is 5.29. The van der Waals surface area contributed by atoms with E-state index in [9.17, 15) is 4.79 Å². The first-order valence-corrected chi connectivity index (χ1v) is 6.48. The fourth-order valence-electron chi connectivity index (χ4n) is 1.31. The van der Waals surface area contributed by atoms with Crippen molar-refractivity contribution in [3.63, 3.8) is 0 Å². The summed E-state index contributed by atoms with van der Waals surface area (Å²) < 4.78 is 5.13. The highest BCUT2D eigenvalue weighted by molar-refractivity contribution is 6.30. The maximum atomic E-state index is 12.0. The monoisotopic (exact) mass is 289 g/mol. The lowest BCUT2D eigenvalue weighted by atomic mass is 9.96. The molecule has 0 aliphatic carbocycles. The van der Waals surface area contributed by atoms with E-state index in [4.69, 9.17) is 27.9 Å². The Labute approximate surface area is 117 Å². The molecule has 0 radical (unpaired) electrons. The molecule has 1 aromatic carbocycles. The van der Waals surface area contributed by atoms with Crippen molar-refractivity contribution in [3.8, 4) is 5.75 Å². The van der Waals surface area contributed by atoms with Crippen molar-refractivity contribution in [2.75, 3.05) is 19.5 Å². The number of hydrogen-bond donors (Lipinski definition) is 1. The van der Waals surface area contributed by atoms with Crippen LogP contribution in [0.1, 0.15) is 24.2 Å². The molecule has 1 aromatic rings. The number of hydrogen-bond acceptors (Lipinski definition) is 2. The van der Waals surface area contributed by atoms with Gasteiger partial charge in [-0.3, -0.25) is 4.79 Å². The highest BCUT2D eigenvalue weighted by atomic mass is 35.5. The van der Waals surface area contributed by atoms with E-state index in [0.717, 1.165) is 0 Å². The first-order chi connectivity index (χ1) is 8.39. The molecule has 3 nitrogen and oxygen atoms in total. The van der Waals surface area contributed by atoms with Crippen LogP contribution in [-0.2, 0) is 0 Å². The van der Waals surface area contributed by atoms with Crippen LogP contribution in [0.5, 0.6) is 5.75 Å². The van der Waals surface area contributed by atoms with Crippen LogP contribution < -0.4 is 10.1 Å². The molecule has 0 spiro atoms. The highest BCUT2D eigenvalue weighted by Gasteiger charge is 2.19. The topological polar surface area (TPSA) is 38.3 Å². The molecule has 0 saturated carbocycles. The number of alkyl halides is 1. The number of rotatable bonds is 5. The van der Waals surface area contributed by atoms with Gasteiger partial charge in [-0.05, 0) is 23.6 Å². The summed E-state index contributed by atoms with van der Waals surface area (Å²) in [6.45, 7) is 4.47. The van der Waals surface area contributed by atoms with Crippen LogP contribution in [0.4, 0.5) is 0 Å². The second-order valence-electron chi connectivity index (χ2n) is 4.83. The minimum absolute atomic E-state index is 0.142. The molecular formula is C13H17Cl2NO2. The first kappa shape index (κ1) is 15.1. The highest BCUT2D eigenvalue weighted by Crippen LogP contribution is 2.23. The summed E-state index contributed by atoms with van der Waals surface area (Å²) in [5.74, 6) is 0.746. The molecule has 0 aromatic heterocycles. The Bertz CT molecular complexity index is 433. The molecule has 18 heavy (non-hydrogen) atoms. The molecule has 0 saturated heterocycles. The molecule has 0 aliphatic heterocycles. The summed E-state index contributed by atoms with van der Waals surface area (Å²) in [6.07, 6.45) is 0. The Hall–Kier alpha value is -0.930. The zero-order valence-electron chi connectivity index (χ0n) is 10.7. The van der Waals surface area contributed by atoms with Gasteiger partial charge >= 0.3 is 0 Å². The zero-order valence-corrected chi connectivity index (χ0v) is 12.2. The lowest BCUT2D eigenvalue weighted by molar-refractivity contribution is 0.0937. The lowest BCUT2D eigenvalue weighted by Crippen LogP contribution is -2.35. The van der Waals surface area contributed by atoms with Crippen molar-refractivity contribution in [1.29, 1.82) is 0 Å². The Morgan fingerprint density at radius 2 is 2.11 bits per heavy atom. The lowest BCUT2D eigenvalue weighted by Gasteiger charge is -2.21. The number of carbonyl (C=O) groups excluding carboxylic acids is 1. The van der Waals surface area contributed by atoms with Crippen molar-refractivity contribution in [3.05, 3.63) is 28.8 Å². The van der Waals surface area contributed by atoms with Gasteiger partial charge in [0.05, 0.1) is 12.7 Å². The molecule has 5 heteroatoms. The van der Waals surface area contributed by atoms with Crippen LogP contribution in [0.15, 0.2) is 18.2 Å². The maximum absolute atomic E-state index is 12.0. The van der Waals surface area contributed by atoms with Gasteiger partial charge in [-0.15, -0.1) is 11.6 Å². The van der Waals surface area contributed by atoms with Crippen molar-refractivity contribution in [2.24, 2.45) is 5.41 Å². The fraction of sp³-hybridized carbons (Fsp3) is 0.462. The van der Waals surface area contributed by atoms with E-state index < -0.39 is 0 Å². The van der Waals surface area contributed by atoms with Crippen LogP contribution >= 0.6 is 23.2 Å². The summed E-state index contributed by atoms with van der Waals surface area (Å²) in [4.78, 5) is 12.0. The van der Waals surface area contributed by atoms with Crippen molar-refractivity contribution in [1.82, 2.24) is 5.32 Å². The van der Waals surface area contributed by atoms with Crippen LogP contribution in [0.2, 0.25) is 5.02 Å². The van der Waals surface area contributed by atoms with Crippen LogP contribution in [0.25, 0.3) is 0 Å². The van der Waals surface area contributed by atoms with E-state index >= 15 is 0 Å². The van der Waals surface area contributed by atoms with Crippen molar-refractivity contribution in [2.45, 2.75) is 13.8 Å². The van der Waals surface area contributed by atoms with E-state index in [-0.39, 0.29) is 11.3 Å². The zero-order chi connectivity index (χ0) is 13.8. The minimum atomic E-state index is -0.193. The van der Waals surface area contributed by atoms with E-state index in [0.29, 0.717) is 28.8 Å². The SMILES string of the molecule is COc1cc(Cl)ccc1C(=O)NCC(C)(C)CCl. The summed E-state index contributed by atoms with van der Waals surface area (Å²) in [7, 11) is 1.51. The number of benzene rings is 1. The molecule has 1 N–H and O–H groups in total. The normalized spacial score (nSPS) is 11.2. The van der Waals surface area contributed by atoms with Gasteiger partial charge in [0.1, 0.15) is 5.75 Å². The third-order valence-electron chi connectivity index (χ3n) is 2.50. The van der Waals surface area contributed by atoms with Gasteiger partial charge < -0.3 is 10.1 Å². The van der Waals surface area contributed by atoms with E-state index in [1.807, 2.05) is 13.8 Å². The summed E-state index contributed by atoms with van der Waals surface area (Å²) in [5.41, 5.74) is 0.323. The molecular weight excluding hydrogens is 273 g/mol. The summed E-state index contributed by atoms with van der Waals surface area (Å²) in [6, 6.07) is 4.92. The van der Waals surface area contributed by atoms with Gasteiger partial charge in [-0.1, -0.05) is 25.4 Å². The van der Waals surface area contributed by atoms with Gasteiger partial charge in [0.15, 0.2) is 0 Å². The standard InChI is InChI=1S/C13H17Cl2NO2/c1-13(2,7-14)8-16-12(17)10-5-4-9(15)6-11(10)18-3/h4-6H,7-8H2,1-3H3,(H,16,17). The Morgan fingerprint density at radius 3 is 2.67 bits per heavy atom. The molecule has 0 aliphatic rings. The molecule has 0 unspecified atom stereocenters. The number of halogens is 2. The molecule has 100 valence electrons. The van der Waals surface area contributed by atoms with Gasteiger partial charge in [0, 0.05) is 17.4 Å². The van der Waals surface area contributed by atoms with Gasteiger partial charge in [0.2, 0.25) is 0 Å². The van der Waals surface area contributed by atoms with Gasteiger partial charge in [-0.25, -0.2) is 0 Å². The average Bonchev–Trinajstić information content (AvgIpc) is 2.36. The molecule has 0 atom stereocenters. The van der Waals surface area contributed by atoms with E-state index in [1.54, 1.807) is 18.2 Å². The second kappa shape index (κ2) is 6.30. The number of ether oxygens (including phenoxy) is 1. The molecule has 0 fully saturated rings. The number of carbonyl (C=O) groups is 1. The quantitative estimate of drug-likeness (QED) is 0.845. The fourth-order valence-corrected chi connectivity index (χ4v) is 1.57. The Balaban J connectivity index is 2.79. The van der Waals surface area contributed by atoms with Crippen LogP contribution in [-0.4, -0.2) is 25.4 Å². The average molecular weight is 290 g/mol. The second-order valence-corrected chi connectivity index (χ2v) is 5.53. The maximum Gasteiger partial charge on any atom is 0.255 e. The Morgan fingerprint density at radius 1 is 1.44 bits per heavy atom. The molecule has 0 bridgehead atoms. The number of nitrogens with one attached hydrogen (secondary N) is 1. The first-order valence-electron chi connectivity index (χ1n) is 5.57. The van der Waals surface area contributed by atoms with E-state index in [1.165, 1.54) is 7.11 Å². The summed E-state index contributed by atoms with van der Waals surface area (Å²) in [5, 5.41) is 3.37. The summed E-state index contributed by atoms with van der Waals surface area (Å²) >= 11 is 11.7. The third kappa shape index (κ3) is 4.07. The van der Waals surface area contributed by atoms with Crippen molar-refractivity contribution < 1.29 is 9.53 Å². The van der Waals surface area contributed by atoms with Gasteiger partial charge in [0.25, 0.3) is 5.91 Å². The third-order valence-corrected chi connectivity index (χ3v) is 3.46. The molecule has 1 amide bonds. The molecule has 0 heterocycles. The number of methoxy groups -OCH3 is 1. The number of amides is 1. The van der Waals surface area contributed by atoms with E-state index in [2.05, 4.69) is 5.32 Å². The minimum Gasteiger partial charge on any atom is -0.496 e. The molecule has 1 rings (SSSR count). The van der Waals surface area contributed by atoms with Crippen LogP contribution in [0, 0.1) is 5.41 Å². The predicted molar refractivity (Wildman–Crippen MR) is 74.8 cm³/mol. The van der Waals surface area contributed by atoms with Crippen molar-refractivity contribution >= 4 is 29.1 Å². The largest absolute Gasteiger partial charge is 0.496 e.